The van der Waals surface area contributed by atoms with Crippen molar-refractivity contribution in [2.75, 3.05) is 0 Å². The smallest absolute Gasteiger partial charge is 0.416 e. The highest BCUT2D eigenvalue weighted by Crippen LogP contribution is 2.30. The standard InChI is InChI=1S/C18H15ClF3NO4/c19-13-4-2-1-3-11(13)9-14(17(26)27)23-16(25)15(24)10-5-7-12(8-6-10)18(20,21)22/h1-8,14-15,24H,9H2,(H,23,25)(H,26,27)/t14-,15-/m1/s1. The largest absolute Gasteiger partial charge is 0.480 e. The van der Waals surface area contributed by atoms with Gasteiger partial charge in [0.2, 0.25) is 0 Å². The van der Waals surface area contributed by atoms with Crippen LogP contribution in [0.5, 0.6) is 0 Å². The average Bonchev–Trinajstić information content (AvgIpc) is 2.61. The van der Waals surface area contributed by atoms with Gasteiger partial charge in [-0.2, -0.15) is 13.2 Å². The number of rotatable bonds is 6. The summed E-state index contributed by atoms with van der Waals surface area (Å²) in [6.07, 6.45) is -6.49. The number of amides is 1. The lowest BCUT2D eigenvalue weighted by Gasteiger charge is -2.18. The van der Waals surface area contributed by atoms with Gasteiger partial charge in [0, 0.05) is 11.4 Å². The van der Waals surface area contributed by atoms with Gasteiger partial charge in [-0.25, -0.2) is 4.79 Å². The molecular weight excluding hydrogens is 387 g/mol. The molecule has 3 N–H and O–H groups in total. The summed E-state index contributed by atoms with van der Waals surface area (Å²) in [5.74, 6) is -2.39. The van der Waals surface area contributed by atoms with E-state index in [9.17, 15) is 33.0 Å². The number of carboxylic acid groups (broad SMARTS) is 1. The average molecular weight is 402 g/mol. The molecule has 0 radical (unpaired) electrons. The van der Waals surface area contributed by atoms with Crippen LogP contribution in [0.3, 0.4) is 0 Å². The molecule has 0 unspecified atom stereocenters. The van der Waals surface area contributed by atoms with Gasteiger partial charge in [0.15, 0.2) is 6.10 Å². The normalized spacial score (nSPS) is 13.7. The third-order valence-electron chi connectivity index (χ3n) is 3.80. The zero-order chi connectivity index (χ0) is 20.2. The lowest BCUT2D eigenvalue weighted by molar-refractivity contribution is -0.143. The molecule has 0 bridgehead atoms. The zero-order valence-corrected chi connectivity index (χ0v) is 14.5. The van der Waals surface area contributed by atoms with Crippen LogP contribution >= 0.6 is 11.6 Å². The SMILES string of the molecule is O=C(O)[C@@H](Cc1ccccc1Cl)NC(=O)[C@H](O)c1ccc(C(F)(F)F)cc1. The second-order valence-corrected chi connectivity index (χ2v) is 6.12. The summed E-state index contributed by atoms with van der Waals surface area (Å²) in [5, 5.41) is 21.8. The second-order valence-electron chi connectivity index (χ2n) is 5.72. The summed E-state index contributed by atoms with van der Waals surface area (Å²) in [5.41, 5.74) is -0.542. The number of carbonyl (C=O) groups excluding carboxylic acids is 1. The van der Waals surface area contributed by atoms with Gasteiger partial charge >= 0.3 is 12.1 Å². The molecule has 0 spiro atoms. The van der Waals surface area contributed by atoms with Crippen LogP contribution in [-0.2, 0) is 22.2 Å². The molecule has 144 valence electrons. The molecule has 2 aromatic carbocycles. The maximum absolute atomic E-state index is 12.6. The van der Waals surface area contributed by atoms with Gasteiger partial charge in [0.05, 0.1) is 5.56 Å². The molecule has 1 amide bonds. The van der Waals surface area contributed by atoms with Crippen molar-refractivity contribution in [3.63, 3.8) is 0 Å². The summed E-state index contributed by atoms with van der Waals surface area (Å²) >= 11 is 5.97. The lowest BCUT2D eigenvalue weighted by atomic mass is 10.0. The molecule has 9 heteroatoms. The van der Waals surface area contributed by atoms with Gasteiger partial charge < -0.3 is 15.5 Å². The summed E-state index contributed by atoms with van der Waals surface area (Å²) in [6, 6.07) is 8.46. The molecule has 0 aliphatic heterocycles. The topological polar surface area (TPSA) is 86.6 Å². The minimum absolute atomic E-state index is 0.0950. The highest BCUT2D eigenvalue weighted by Gasteiger charge is 2.31. The van der Waals surface area contributed by atoms with Crippen molar-refractivity contribution in [1.82, 2.24) is 5.32 Å². The van der Waals surface area contributed by atoms with Crippen molar-refractivity contribution in [3.05, 3.63) is 70.2 Å². The Labute approximate surface area is 157 Å². The summed E-state index contributed by atoms with van der Waals surface area (Å²) < 4.78 is 37.7. The predicted molar refractivity (Wildman–Crippen MR) is 91.1 cm³/mol. The molecule has 0 fully saturated rings. The molecule has 2 atom stereocenters. The predicted octanol–water partition coefficient (Wildman–Crippen LogP) is 3.20. The van der Waals surface area contributed by atoms with E-state index in [1.165, 1.54) is 0 Å². The first-order chi connectivity index (χ1) is 12.6. The van der Waals surface area contributed by atoms with E-state index in [0.29, 0.717) is 10.6 Å². The van der Waals surface area contributed by atoms with Crippen molar-refractivity contribution < 1.29 is 33.0 Å². The van der Waals surface area contributed by atoms with Crippen molar-refractivity contribution in [2.45, 2.75) is 24.7 Å². The Morgan fingerprint density at radius 2 is 1.67 bits per heavy atom. The van der Waals surface area contributed by atoms with Gasteiger partial charge in [-0.1, -0.05) is 41.9 Å². The molecule has 0 aliphatic rings. The van der Waals surface area contributed by atoms with Crippen LogP contribution in [0.15, 0.2) is 48.5 Å². The van der Waals surface area contributed by atoms with Crippen LogP contribution in [0.4, 0.5) is 13.2 Å². The first-order valence-electron chi connectivity index (χ1n) is 7.71. The molecule has 2 aromatic rings. The monoisotopic (exact) mass is 401 g/mol. The molecule has 0 saturated carbocycles. The second kappa shape index (κ2) is 8.41. The molecule has 27 heavy (non-hydrogen) atoms. The maximum Gasteiger partial charge on any atom is 0.416 e. The number of carboxylic acids is 1. The summed E-state index contributed by atoms with van der Waals surface area (Å²) in [4.78, 5) is 23.5. The first-order valence-corrected chi connectivity index (χ1v) is 8.09. The van der Waals surface area contributed by atoms with Crippen molar-refractivity contribution in [3.8, 4) is 0 Å². The van der Waals surface area contributed by atoms with Crippen LogP contribution in [0.2, 0.25) is 5.02 Å². The van der Waals surface area contributed by atoms with Crippen LogP contribution < -0.4 is 5.32 Å². The van der Waals surface area contributed by atoms with E-state index in [1.54, 1.807) is 24.3 Å². The highest BCUT2D eigenvalue weighted by molar-refractivity contribution is 6.31. The Balaban J connectivity index is 2.10. The number of aliphatic hydroxyl groups excluding tert-OH is 1. The fourth-order valence-corrected chi connectivity index (χ4v) is 2.55. The van der Waals surface area contributed by atoms with E-state index in [-0.39, 0.29) is 12.0 Å². The molecule has 0 heterocycles. The molecule has 0 saturated heterocycles. The van der Waals surface area contributed by atoms with Gasteiger partial charge in [-0.3, -0.25) is 4.79 Å². The summed E-state index contributed by atoms with van der Waals surface area (Å²) in [6.45, 7) is 0. The lowest BCUT2D eigenvalue weighted by Crippen LogP contribution is -2.44. The first kappa shape index (κ1) is 20.7. The van der Waals surface area contributed by atoms with Gasteiger partial charge in [-0.15, -0.1) is 0 Å². The minimum Gasteiger partial charge on any atom is -0.480 e. The number of aliphatic carboxylic acids is 1. The van der Waals surface area contributed by atoms with Crippen LogP contribution in [0, 0.1) is 0 Å². The van der Waals surface area contributed by atoms with Crippen LogP contribution in [-0.4, -0.2) is 28.1 Å². The van der Waals surface area contributed by atoms with Crippen LogP contribution in [0.1, 0.15) is 22.8 Å². The van der Waals surface area contributed by atoms with E-state index >= 15 is 0 Å². The van der Waals surface area contributed by atoms with Gasteiger partial charge in [0.25, 0.3) is 5.91 Å². The molecule has 0 aliphatic carbocycles. The Morgan fingerprint density at radius 1 is 1.07 bits per heavy atom. The quantitative estimate of drug-likeness (QED) is 0.693. The summed E-state index contributed by atoms with van der Waals surface area (Å²) in [7, 11) is 0. The number of hydrogen-bond donors (Lipinski definition) is 3. The fraction of sp³-hybridized carbons (Fsp3) is 0.222. The Kier molecular flexibility index (Phi) is 6.45. The van der Waals surface area contributed by atoms with E-state index < -0.39 is 35.8 Å². The van der Waals surface area contributed by atoms with Crippen molar-refractivity contribution in [2.24, 2.45) is 0 Å². The van der Waals surface area contributed by atoms with E-state index in [1.807, 2.05) is 0 Å². The third kappa shape index (κ3) is 5.45. The molecular formula is C18H15ClF3NO4. The minimum atomic E-state index is -4.55. The van der Waals surface area contributed by atoms with Crippen molar-refractivity contribution >= 4 is 23.5 Å². The number of aliphatic hydroxyl groups is 1. The number of carbonyl (C=O) groups is 2. The van der Waals surface area contributed by atoms with Gasteiger partial charge in [0.1, 0.15) is 6.04 Å². The Hall–Kier alpha value is -2.58. The number of benzene rings is 2. The maximum atomic E-state index is 12.6. The van der Waals surface area contributed by atoms with Crippen molar-refractivity contribution in [1.29, 1.82) is 0 Å². The number of alkyl halides is 3. The van der Waals surface area contributed by atoms with Gasteiger partial charge in [-0.05, 0) is 29.3 Å². The highest BCUT2D eigenvalue weighted by atomic mass is 35.5. The van der Waals surface area contributed by atoms with Crippen LogP contribution in [0.25, 0.3) is 0 Å². The third-order valence-corrected chi connectivity index (χ3v) is 4.17. The Morgan fingerprint density at radius 3 is 2.19 bits per heavy atom. The molecule has 2 rings (SSSR count). The molecule has 0 aromatic heterocycles. The van der Waals surface area contributed by atoms with E-state index in [2.05, 4.69) is 5.32 Å². The zero-order valence-electron chi connectivity index (χ0n) is 13.7. The number of halogens is 4. The van der Waals surface area contributed by atoms with E-state index in [4.69, 9.17) is 11.6 Å². The fourth-order valence-electron chi connectivity index (χ4n) is 2.34. The number of hydrogen-bond acceptors (Lipinski definition) is 3. The Bertz CT molecular complexity index is 824. The molecule has 5 nitrogen and oxygen atoms in total. The van der Waals surface area contributed by atoms with E-state index in [0.717, 1.165) is 24.3 Å². The number of nitrogens with one attached hydrogen (secondary N) is 1.